The standard InChI is InChI=1S/C14H24N4O/c1-10(2)9-18-8-7-16-13(14(18)19)17-12-6-4-3-5-11(12)15/h7-8,10-12H,3-6,9,15H2,1-2H3,(H,16,17)/t11-,12-/m1/s1. The molecule has 1 heterocycles. The van der Waals surface area contributed by atoms with Gasteiger partial charge in [-0.25, -0.2) is 4.98 Å². The Bertz CT molecular complexity index is 469. The van der Waals surface area contributed by atoms with Crippen molar-refractivity contribution in [1.29, 1.82) is 0 Å². The molecule has 5 heteroatoms. The molecule has 0 unspecified atom stereocenters. The van der Waals surface area contributed by atoms with E-state index in [1.807, 2.05) is 0 Å². The lowest BCUT2D eigenvalue weighted by atomic mass is 9.91. The van der Waals surface area contributed by atoms with Crippen LogP contribution in [-0.2, 0) is 6.54 Å². The summed E-state index contributed by atoms with van der Waals surface area (Å²) in [6.07, 6.45) is 7.80. The highest BCUT2D eigenvalue weighted by atomic mass is 16.1. The Balaban J connectivity index is 2.14. The summed E-state index contributed by atoms with van der Waals surface area (Å²) in [5.41, 5.74) is 6.05. The molecule has 3 N–H and O–H groups in total. The van der Waals surface area contributed by atoms with Gasteiger partial charge in [0.1, 0.15) is 0 Å². The molecule has 1 aliphatic rings. The Morgan fingerprint density at radius 2 is 2.21 bits per heavy atom. The Labute approximate surface area is 114 Å². The van der Waals surface area contributed by atoms with Gasteiger partial charge in [0.05, 0.1) is 0 Å². The molecular formula is C14H24N4O. The highest BCUT2D eigenvalue weighted by Gasteiger charge is 2.22. The zero-order valence-electron chi connectivity index (χ0n) is 11.8. The molecule has 0 saturated heterocycles. The molecule has 1 aromatic rings. The second-order valence-corrected chi connectivity index (χ2v) is 5.83. The summed E-state index contributed by atoms with van der Waals surface area (Å²) in [7, 11) is 0. The van der Waals surface area contributed by atoms with Gasteiger partial charge in [-0.15, -0.1) is 0 Å². The quantitative estimate of drug-likeness (QED) is 0.866. The summed E-state index contributed by atoms with van der Waals surface area (Å²) in [5.74, 6) is 0.871. The van der Waals surface area contributed by atoms with Gasteiger partial charge in [0.25, 0.3) is 5.56 Å². The molecule has 1 aliphatic carbocycles. The van der Waals surface area contributed by atoms with E-state index in [1.54, 1.807) is 17.0 Å². The largest absolute Gasteiger partial charge is 0.361 e. The van der Waals surface area contributed by atoms with Crippen molar-refractivity contribution in [3.8, 4) is 0 Å². The third-order valence-corrected chi connectivity index (χ3v) is 3.62. The van der Waals surface area contributed by atoms with Gasteiger partial charge in [-0.05, 0) is 18.8 Å². The van der Waals surface area contributed by atoms with E-state index < -0.39 is 0 Å². The van der Waals surface area contributed by atoms with Gasteiger partial charge in [-0.1, -0.05) is 26.7 Å². The molecule has 0 bridgehead atoms. The molecule has 106 valence electrons. The highest BCUT2D eigenvalue weighted by molar-refractivity contribution is 5.33. The van der Waals surface area contributed by atoms with Crippen molar-refractivity contribution < 1.29 is 0 Å². The summed E-state index contributed by atoms with van der Waals surface area (Å²) in [6.45, 7) is 4.90. The summed E-state index contributed by atoms with van der Waals surface area (Å²) < 4.78 is 1.72. The van der Waals surface area contributed by atoms with Gasteiger partial charge >= 0.3 is 0 Å². The number of hydrogen-bond donors (Lipinski definition) is 2. The van der Waals surface area contributed by atoms with Crippen LogP contribution >= 0.6 is 0 Å². The fraction of sp³-hybridized carbons (Fsp3) is 0.714. The number of aromatic nitrogens is 2. The smallest absolute Gasteiger partial charge is 0.293 e. The zero-order valence-corrected chi connectivity index (χ0v) is 11.8. The number of rotatable bonds is 4. The molecule has 1 saturated carbocycles. The summed E-state index contributed by atoms with van der Waals surface area (Å²) in [5, 5.41) is 3.24. The van der Waals surface area contributed by atoms with Crippen LogP contribution in [0.5, 0.6) is 0 Å². The molecule has 2 atom stereocenters. The van der Waals surface area contributed by atoms with Crippen LogP contribution in [0.3, 0.4) is 0 Å². The van der Waals surface area contributed by atoms with Gasteiger partial charge in [0, 0.05) is 31.0 Å². The van der Waals surface area contributed by atoms with Crippen LogP contribution in [0.4, 0.5) is 5.82 Å². The van der Waals surface area contributed by atoms with Crippen LogP contribution in [0.15, 0.2) is 17.2 Å². The predicted molar refractivity (Wildman–Crippen MR) is 77.2 cm³/mol. The molecule has 0 spiro atoms. The average molecular weight is 264 g/mol. The second-order valence-electron chi connectivity index (χ2n) is 5.83. The van der Waals surface area contributed by atoms with Gasteiger partial charge in [0.2, 0.25) is 0 Å². The van der Waals surface area contributed by atoms with Gasteiger partial charge in [0.15, 0.2) is 5.82 Å². The molecule has 0 amide bonds. The van der Waals surface area contributed by atoms with Crippen molar-refractivity contribution in [3.63, 3.8) is 0 Å². The lowest BCUT2D eigenvalue weighted by Gasteiger charge is -2.29. The lowest BCUT2D eigenvalue weighted by molar-refractivity contribution is 0.402. The van der Waals surface area contributed by atoms with E-state index in [0.717, 1.165) is 12.8 Å². The van der Waals surface area contributed by atoms with Crippen molar-refractivity contribution in [1.82, 2.24) is 9.55 Å². The highest BCUT2D eigenvalue weighted by Crippen LogP contribution is 2.19. The van der Waals surface area contributed by atoms with Gasteiger partial charge in [-0.3, -0.25) is 4.79 Å². The maximum Gasteiger partial charge on any atom is 0.293 e. The first-order chi connectivity index (χ1) is 9.08. The number of nitrogens with two attached hydrogens (primary N) is 1. The number of hydrogen-bond acceptors (Lipinski definition) is 4. The third-order valence-electron chi connectivity index (χ3n) is 3.62. The lowest BCUT2D eigenvalue weighted by Crippen LogP contribution is -2.44. The minimum Gasteiger partial charge on any atom is -0.361 e. The maximum atomic E-state index is 12.3. The first kappa shape index (κ1) is 14.1. The first-order valence-electron chi connectivity index (χ1n) is 7.15. The third kappa shape index (κ3) is 3.56. The average Bonchev–Trinajstić information content (AvgIpc) is 2.36. The topological polar surface area (TPSA) is 72.9 Å². The predicted octanol–water partition coefficient (Wildman–Crippen LogP) is 1.58. The Hall–Kier alpha value is -1.36. The van der Waals surface area contributed by atoms with Crippen LogP contribution < -0.4 is 16.6 Å². The monoisotopic (exact) mass is 264 g/mol. The van der Waals surface area contributed by atoms with Gasteiger partial charge in [-0.2, -0.15) is 0 Å². The van der Waals surface area contributed by atoms with E-state index in [1.165, 1.54) is 12.8 Å². The van der Waals surface area contributed by atoms with Crippen LogP contribution in [0, 0.1) is 5.92 Å². The van der Waals surface area contributed by atoms with Gasteiger partial charge < -0.3 is 15.6 Å². The molecule has 0 aromatic carbocycles. The van der Waals surface area contributed by atoms with Crippen molar-refractivity contribution in [2.24, 2.45) is 11.7 Å². The first-order valence-corrected chi connectivity index (χ1v) is 7.15. The summed E-state index contributed by atoms with van der Waals surface area (Å²) in [4.78, 5) is 16.5. The molecule has 5 nitrogen and oxygen atoms in total. The van der Waals surface area contributed by atoms with Crippen LogP contribution in [-0.4, -0.2) is 21.6 Å². The SMILES string of the molecule is CC(C)Cn1ccnc(N[C@@H]2CCCC[C@H]2N)c1=O. The van der Waals surface area contributed by atoms with Crippen molar-refractivity contribution in [3.05, 3.63) is 22.7 Å². The van der Waals surface area contributed by atoms with Crippen LogP contribution in [0.1, 0.15) is 39.5 Å². The Morgan fingerprint density at radius 1 is 1.47 bits per heavy atom. The summed E-state index contributed by atoms with van der Waals surface area (Å²) >= 11 is 0. The minimum absolute atomic E-state index is 0.0472. The van der Waals surface area contributed by atoms with Crippen molar-refractivity contribution in [2.45, 2.75) is 58.2 Å². The molecule has 0 aliphatic heterocycles. The number of nitrogens with zero attached hydrogens (tertiary/aromatic N) is 2. The van der Waals surface area contributed by atoms with E-state index in [-0.39, 0.29) is 17.6 Å². The molecule has 0 radical (unpaired) electrons. The number of anilines is 1. The maximum absolute atomic E-state index is 12.3. The molecular weight excluding hydrogens is 240 g/mol. The Morgan fingerprint density at radius 3 is 2.89 bits per heavy atom. The molecule has 1 fully saturated rings. The Kier molecular flexibility index (Phi) is 4.58. The molecule has 19 heavy (non-hydrogen) atoms. The molecule has 1 aromatic heterocycles. The van der Waals surface area contributed by atoms with Crippen molar-refractivity contribution in [2.75, 3.05) is 5.32 Å². The van der Waals surface area contributed by atoms with E-state index in [2.05, 4.69) is 24.1 Å². The summed E-state index contributed by atoms with van der Waals surface area (Å²) in [6, 6.07) is 0.289. The number of nitrogens with one attached hydrogen (secondary N) is 1. The van der Waals surface area contributed by atoms with E-state index in [4.69, 9.17) is 5.73 Å². The zero-order chi connectivity index (χ0) is 13.8. The van der Waals surface area contributed by atoms with E-state index in [0.29, 0.717) is 18.3 Å². The second kappa shape index (κ2) is 6.19. The normalized spacial score (nSPS) is 23.6. The van der Waals surface area contributed by atoms with Crippen LogP contribution in [0.25, 0.3) is 0 Å². The fourth-order valence-corrected chi connectivity index (χ4v) is 2.60. The fourth-order valence-electron chi connectivity index (χ4n) is 2.60. The van der Waals surface area contributed by atoms with Crippen molar-refractivity contribution >= 4 is 5.82 Å². The van der Waals surface area contributed by atoms with E-state index >= 15 is 0 Å². The molecule has 2 rings (SSSR count). The minimum atomic E-state index is -0.0472. The van der Waals surface area contributed by atoms with E-state index in [9.17, 15) is 4.79 Å². The van der Waals surface area contributed by atoms with Crippen LogP contribution in [0.2, 0.25) is 0 Å².